The van der Waals surface area contributed by atoms with Crippen LogP contribution in [0.5, 0.6) is 0 Å². The van der Waals surface area contributed by atoms with Crippen LogP contribution < -0.4 is 10.6 Å². The van der Waals surface area contributed by atoms with Crippen molar-refractivity contribution in [1.29, 1.82) is 0 Å². The van der Waals surface area contributed by atoms with Gasteiger partial charge in [-0.25, -0.2) is 0 Å². The molecule has 1 saturated heterocycles. The second-order valence-corrected chi connectivity index (χ2v) is 4.62. The Morgan fingerprint density at radius 3 is 2.71 bits per heavy atom. The molecule has 0 aromatic carbocycles. The highest BCUT2D eigenvalue weighted by Crippen LogP contribution is 2.22. The molecule has 0 aromatic rings. The number of carbonyl (C=O) groups is 1. The third-order valence-electron chi connectivity index (χ3n) is 3.40. The minimum atomic E-state index is 0.200. The molecule has 1 saturated carbocycles. The van der Waals surface area contributed by atoms with Crippen LogP contribution >= 0.6 is 0 Å². The lowest BCUT2D eigenvalue weighted by Crippen LogP contribution is -2.35. The van der Waals surface area contributed by atoms with E-state index in [0.717, 1.165) is 19.0 Å². The van der Waals surface area contributed by atoms with Crippen molar-refractivity contribution in [1.82, 2.24) is 10.6 Å². The summed E-state index contributed by atoms with van der Waals surface area (Å²) in [5.41, 5.74) is 0. The fourth-order valence-electron chi connectivity index (χ4n) is 2.47. The molecule has 1 heterocycles. The molecule has 3 nitrogen and oxygen atoms in total. The van der Waals surface area contributed by atoms with Gasteiger partial charge in [0.25, 0.3) is 0 Å². The van der Waals surface area contributed by atoms with Crippen LogP contribution in [0.1, 0.15) is 38.5 Å². The van der Waals surface area contributed by atoms with E-state index in [1.54, 1.807) is 0 Å². The summed E-state index contributed by atoms with van der Waals surface area (Å²) in [4.78, 5) is 11.0. The number of rotatable bonds is 3. The molecular formula is C11H20N2O. The lowest BCUT2D eigenvalue weighted by molar-refractivity contribution is -0.119. The van der Waals surface area contributed by atoms with E-state index in [1.165, 1.54) is 32.1 Å². The molecule has 2 N–H and O–H groups in total. The molecule has 2 fully saturated rings. The topological polar surface area (TPSA) is 41.1 Å². The van der Waals surface area contributed by atoms with E-state index >= 15 is 0 Å². The Morgan fingerprint density at radius 1 is 1.29 bits per heavy atom. The Morgan fingerprint density at radius 2 is 2.07 bits per heavy atom. The predicted molar refractivity (Wildman–Crippen MR) is 56.0 cm³/mol. The van der Waals surface area contributed by atoms with Gasteiger partial charge in [-0.3, -0.25) is 4.79 Å². The summed E-state index contributed by atoms with van der Waals surface area (Å²) in [5.74, 6) is 1.06. The average Bonchev–Trinajstić information content (AvgIpc) is 2.63. The van der Waals surface area contributed by atoms with Gasteiger partial charge < -0.3 is 10.6 Å². The number of hydrogen-bond donors (Lipinski definition) is 2. The van der Waals surface area contributed by atoms with E-state index in [-0.39, 0.29) is 5.91 Å². The Balaban J connectivity index is 1.63. The summed E-state index contributed by atoms with van der Waals surface area (Å²) >= 11 is 0. The SMILES string of the molecule is O=C1CC(NCC2CCCCC2)CN1. The molecule has 2 rings (SSSR count). The van der Waals surface area contributed by atoms with E-state index in [4.69, 9.17) is 0 Å². The maximum absolute atomic E-state index is 11.0. The van der Waals surface area contributed by atoms with Gasteiger partial charge in [0.1, 0.15) is 0 Å². The second kappa shape index (κ2) is 4.78. The molecule has 1 atom stereocenters. The maximum Gasteiger partial charge on any atom is 0.221 e. The standard InChI is InChI=1S/C11H20N2O/c14-11-6-10(8-13-11)12-7-9-4-2-1-3-5-9/h9-10,12H,1-8H2,(H,13,14). The van der Waals surface area contributed by atoms with Crippen molar-refractivity contribution in [2.24, 2.45) is 5.92 Å². The maximum atomic E-state index is 11.0. The van der Waals surface area contributed by atoms with Gasteiger partial charge in [0, 0.05) is 19.0 Å². The largest absolute Gasteiger partial charge is 0.354 e. The third kappa shape index (κ3) is 2.71. The Kier molecular flexibility index (Phi) is 3.40. The van der Waals surface area contributed by atoms with E-state index in [9.17, 15) is 4.79 Å². The quantitative estimate of drug-likeness (QED) is 0.708. The van der Waals surface area contributed by atoms with Gasteiger partial charge in [0.15, 0.2) is 0 Å². The molecular weight excluding hydrogens is 176 g/mol. The van der Waals surface area contributed by atoms with E-state index in [2.05, 4.69) is 10.6 Å². The fourth-order valence-corrected chi connectivity index (χ4v) is 2.47. The highest BCUT2D eigenvalue weighted by atomic mass is 16.1. The van der Waals surface area contributed by atoms with Crippen molar-refractivity contribution < 1.29 is 4.79 Å². The van der Waals surface area contributed by atoms with Crippen molar-refractivity contribution in [3.05, 3.63) is 0 Å². The van der Waals surface area contributed by atoms with Crippen molar-refractivity contribution >= 4 is 5.91 Å². The predicted octanol–water partition coefficient (Wildman–Crippen LogP) is 1.04. The number of nitrogens with one attached hydrogen (secondary N) is 2. The van der Waals surface area contributed by atoms with Crippen LogP contribution in [0, 0.1) is 5.92 Å². The fraction of sp³-hybridized carbons (Fsp3) is 0.909. The lowest BCUT2D eigenvalue weighted by Gasteiger charge is -2.23. The van der Waals surface area contributed by atoms with Gasteiger partial charge >= 0.3 is 0 Å². The second-order valence-electron chi connectivity index (χ2n) is 4.62. The molecule has 0 spiro atoms. The molecule has 3 heteroatoms. The Labute approximate surface area is 85.6 Å². The zero-order valence-electron chi connectivity index (χ0n) is 8.72. The highest BCUT2D eigenvalue weighted by molar-refractivity contribution is 5.78. The monoisotopic (exact) mass is 196 g/mol. The molecule has 0 aromatic heterocycles. The van der Waals surface area contributed by atoms with Crippen molar-refractivity contribution in [2.45, 2.75) is 44.6 Å². The first kappa shape index (κ1) is 9.97. The summed E-state index contributed by atoms with van der Waals surface area (Å²) in [5, 5.41) is 6.35. The minimum absolute atomic E-state index is 0.200. The lowest BCUT2D eigenvalue weighted by atomic mass is 9.89. The first-order chi connectivity index (χ1) is 6.84. The van der Waals surface area contributed by atoms with Gasteiger partial charge in [-0.05, 0) is 25.3 Å². The van der Waals surface area contributed by atoms with Gasteiger partial charge in [-0.15, -0.1) is 0 Å². The smallest absolute Gasteiger partial charge is 0.221 e. The molecule has 1 aliphatic carbocycles. The van der Waals surface area contributed by atoms with Gasteiger partial charge in [0.05, 0.1) is 0 Å². The van der Waals surface area contributed by atoms with Gasteiger partial charge in [-0.1, -0.05) is 19.3 Å². The molecule has 80 valence electrons. The number of hydrogen-bond acceptors (Lipinski definition) is 2. The van der Waals surface area contributed by atoms with Crippen molar-refractivity contribution in [3.8, 4) is 0 Å². The van der Waals surface area contributed by atoms with Crippen LogP contribution in [-0.2, 0) is 4.79 Å². The van der Waals surface area contributed by atoms with E-state index < -0.39 is 0 Å². The molecule has 0 bridgehead atoms. The van der Waals surface area contributed by atoms with Gasteiger partial charge in [-0.2, -0.15) is 0 Å². The molecule has 14 heavy (non-hydrogen) atoms. The van der Waals surface area contributed by atoms with Crippen LogP contribution in [0.25, 0.3) is 0 Å². The van der Waals surface area contributed by atoms with Crippen LogP contribution in [0.15, 0.2) is 0 Å². The molecule has 0 radical (unpaired) electrons. The zero-order valence-corrected chi connectivity index (χ0v) is 8.72. The third-order valence-corrected chi connectivity index (χ3v) is 3.40. The first-order valence-corrected chi connectivity index (χ1v) is 5.84. The summed E-state index contributed by atoms with van der Waals surface area (Å²) in [6.45, 7) is 1.94. The Hall–Kier alpha value is -0.570. The van der Waals surface area contributed by atoms with E-state index in [0.29, 0.717) is 12.5 Å². The molecule has 1 aliphatic heterocycles. The van der Waals surface area contributed by atoms with Crippen LogP contribution in [0.3, 0.4) is 0 Å². The summed E-state index contributed by atoms with van der Waals surface area (Å²) < 4.78 is 0. The summed E-state index contributed by atoms with van der Waals surface area (Å²) in [7, 11) is 0. The molecule has 1 amide bonds. The normalized spacial score (nSPS) is 29.1. The number of carbonyl (C=O) groups excluding carboxylic acids is 1. The van der Waals surface area contributed by atoms with Crippen molar-refractivity contribution in [2.75, 3.05) is 13.1 Å². The molecule has 2 aliphatic rings. The van der Waals surface area contributed by atoms with E-state index in [1.807, 2.05) is 0 Å². The summed E-state index contributed by atoms with van der Waals surface area (Å²) in [6, 6.07) is 0.393. The van der Waals surface area contributed by atoms with Gasteiger partial charge in [0.2, 0.25) is 5.91 Å². The van der Waals surface area contributed by atoms with Crippen LogP contribution in [0.2, 0.25) is 0 Å². The van der Waals surface area contributed by atoms with Crippen molar-refractivity contribution in [3.63, 3.8) is 0 Å². The molecule has 1 unspecified atom stereocenters. The Bertz CT molecular complexity index is 199. The summed E-state index contributed by atoms with van der Waals surface area (Å²) in [6.07, 6.45) is 7.64. The minimum Gasteiger partial charge on any atom is -0.354 e. The first-order valence-electron chi connectivity index (χ1n) is 5.84. The zero-order chi connectivity index (χ0) is 9.80. The van der Waals surface area contributed by atoms with Crippen LogP contribution in [0.4, 0.5) is 0 Å². The number of amides is 1. The van der Waals surface area contributed by atoms with Crippen LogP contribution in [-0.4, -0.2) is 25.0 Å². The highest BCUT2D eigenvalue weighted by Gasteiger charge is 2.22. The average molecular weight is 196 g/mol.